The van der Waals surface area contributed by atoms with Gasteiger partial charge in [0, 0.05) is 12.7 Å². The topological polar surface area (TPSA) is 85.2 Å². The molecule has 0 aliphatic heterocycles. The van der Waals surface area contributed by atoms with Crippen molar-refractivity contribution in [1.29, 1.82) is 0 Å². The van der Waals surface area contributed by atoms with Crippen LogP contribution in [0, 0.1) is 6.92 Å². The van der Waals surface area contributed by atoms with Crippen molar-refractivity contribution in [3.8, 4) is 0 Å². The van der Waals surface area contributed by atoms with E-state index in [-0.39, 0.29) is 5.91 Å². The lowest BCUT2D eigenvalue weighted by Crippen LogP contribution is -2.27. The van der Waals surface area contributed by atoms with Gasteiger partial charge in [0.2, 0.25) is 0 Å². The fourth-order valence-corrected chi connectivity index (χ4v) is 2.03. The van der Waals surface area contributed by atoms with E-state index in [0.29, 0.717) is 16.9 Å². The van der Waals surface area contributed by atoms with Gasteiger partial charge in [0.25, 0.3) is 5.91 Å². The molecule has 0 bridgehead atoms. The first-order chi connectivity index (χ1) is 11.2. The minimum Gasteiger partial charge on any atom is -0.444 e. The van der Waals surface area contributed by atoms with Gasteiger partial charge in [0.05, 0.1) is 23.1 Å². The van der Waals surface area contributed by atoms with Crippen LogP contribution in [-0.4, -0.2) is 27.4 Å². The van der Waals surface area contributed by atoms with Crippen molar-refractivity contribution in [1.82, 2.24) is 9.78 Å². The molecule has 2 aromatic rings. The number of rotatable bonds is 3. The van der Waals surface area contributed by atoms with Gasteiger partial charge >= 0.3 is 6.09 Å². The van der Waals surface area contributed by atoms with Crippen molar-refractivity contribution in [2.75, 3.05) is 10.6 Å². The van der Waals surface area contributed by atoms with Gasteiger partial charge in [-0.3, -0.25) is 14.8 Å². The Morgan fingerprint density at radius 2 is 1.71 bits per heavy atom. The van der Waals surface area contributed by atoms with E-state index in [2.05, 4.69) is 15.7 Å². The second-order valence-electron chi connectivity index (χ2n) is 6.39. The quantitative estimate of drug-likeness (QED) is 0.904. The van der Waals surface area contributed by atoms with Crippen molar-refractivity contribution in [2.24, 2.45) is 7.05 Å². The Labute approximate surface area is 141 Å². The number of ether oxygens (including phenoxy) is 1. The first kappa shape index (κ1) is 17.5. The summed E-state index contributed by atoms with van der Waals surface area (Å²) in [7, 11) is 1.77. The fraction of sp³-hybridized carbons (Fsp3) is 0.353. The first-order valence-corrected chi connectivity index (χ1v) is 7.56. The van der Waals surface area contributed by atoms with Crippen LogP contribution in [0.15, 0.2) is 30.5 Å². The standard InChI is InChI=1S/C17H22N4O3/c1-11-12(10-18-21(11)5)15(22)19-13-8-6-7-9-14(13)20-16(23)24-17(2,3)4/h6-10H,1-5H3,(H,19,22)(H,20,23). The summed E-state index contributed by atoms with van der Waals surface area (Å²) in [5.74, 6) is -0.293. The lowest BCUT2D eigenvalue weighted by molar-refractivity contribution is 0.0635. The predicted octanol–water partition coefficient (Wildman–Crippen LogP) is 3.33. The molecule has 0 saturated heterocycles. The van der Waals surface area contributed by atoms with Crippen molar-refractivity contribution >= 4 is 23.4 Å². The number of anilines is 2. The normalized spacial score (nSPS) is 11.0. The van der Waals surface area contributed by atoms with E-state index >= 15 is 0 Å². The van der Waals surface area contributed by atoms with Gasteiger partial charge in [-0.15, -0.1) is 0 Å². The monoisotopic (exact) mass is 330 g/mol. The molecule has 0 aliphatic rings. The van der Waals surface area contributed by atoms with Gasteiger partial charge in [-0.25, -0.2) is 4.79 Å². The molecule has 2 N–H and O–H groups in total. The van der Waals surface area contributed by atoms with Gasteiger partial charge in [-0.05, 0) is 39.8 Å². The molecular weight excluding hydrogens is 308 g/mol. The molecule has 24 heavy (non-hydrogen) atoms. The molecule has 1 heterocycles. The number of benzene rings is 1. The van der Waals surface area contributed by atoms with Crippen LogP contribution < -0.4 is 10.6 Å². The molecule has 0 radical (unpaired) electrons. The molecule has 0 unspecified atom stereocenters. The van der Waals surface area contributed by atoms with Crippen LogP contribution in [0.4, 0.5) is 16.2 Å². The number of amides is 2. The van der Waals surface area contributed by atoms with Crippen molar-refractivity contribution in [3.05, 3.63) is 41.7 Å². The first-order valence-electron chi connectivity index (χ1n) is 7.56. The fourth-order valence-electron chi connectivity index (χ4n) is 2.03. The molecule has 0 atom stereocenters. The molecule has 0 saturated carbocycles. The van der Waals surface area contributed by atoms with Crippen LogP contribution in [0.5, 0.6) is 0 Å². The maximum atomic E-state index is 12.4. The Bertz CT molecular complexity index is 759. The molecule has 1 aromatic carbocycles. The number of carbonyl (C=O) groups is 2. The third kappa shape index (κ3) is 4.34. The molecule has 0 spiro atoms. The molecule has 128 valence electrons. The van der Waals surface area contributed by atoms with Crippen LogP contribution in [0.3, 0.4) is 0 Å². The van der Waals surface area contributed by atoms with Crippen molar-refractivity contribution in [2.45, 2.75) is 33.3 Å². The third-order valence-electron chi connectivity index (χ3n) is 3.29. The number of aryl methyl sites for hydroxylation is 1. The van der Waals surface area contributed by atoms with Gasteiger partial charge in [-0.1, -0.05) is 12.1 Å². The molecular formula is C17H22N4O3. The highest BCUT2D eigenvalue weighted by molar-refractivity contribution is 6.07. The Kier molecular flexibility index (Phi) is 4.92. The number of nitrogens with one attached hydrogen (secondary N) is 2. The maximum absolute atomic E-state index is 12.4. The zero-order valence-electron chi connectivity index (χ0n) is 14.5. The summed E-state index contributed by atoms with van der Waals surface area (Å²) < 4.78 is 6.86. The second kappa shape index (κ2) is 6.74. The largest absolute Gasteiger partial charge is 0.444 e. The summed E-state index contributed by atoms with van der Waals surface area (Å²) in [6.07, 6.45) is 0.927. The summed E-state index contributed by atoms with van der Waals surface area (Å²) in [5, 5.41) is 9.49. The summed E-state index contributed by atoms with van der Waals surface area (Å²) >= 11 is 0. The average Bonchev–Trinajstić information content (AvgIpc) is 2.79. The van der Waals surface area contributed by atoms with Crippen LogP contribution in [0.25, 0.3) is 0 Å². The summed E-state index contributed by atoms with van der Waals surface area (Å²) in [6, 6.07) is 6.93. The van der Waals surface area contributed by atoms with Crippen molar-refractivity contribution in [3.63, 3.8) is 0 Å². The van der Waals surface area contributed by atoms with Crippen LogP contribution in [0.2, 0.25) is 0 Å². The summed E-state index contributed by atoms with van der Waals surface area (Å²) in [6.45, 7) is 7.16. The van der Waals surface area contributed by atoms with Gasteiger partial charge in [-0.2, -0.15) is 5.10 Å². The molecule has 7 nitrogen and oxygen atoms in total. The maximum Gasteiger partial charge on any atom is 0.412 e. The molecule has 7 heteroatoms. The van der Waals surface area contributed by atoms with Gasteiger partial charge in [0.15, 0.2) is 0 Å². The van der Waals surface area contributed by atoms with E-state index in [0.717, 1.165) is 5.69 Å². The smallest absolute Gasteiger partial charge is 0.412 e. The molecule has 2 amide bonds. The predicted molar refractivity (Wildman–Crippen MR) is 92.2 cm³/mol. The third-order valence-corrected chi connectivity index (χ3v) is 3.29. The summed E-state index contributed by atoms with van der Waals surface area (Å²) in [5.41, 5.74) is 1.57. The van der Waals surface area contributed by atoms with E-state index < -0.39 is 11.7 Å². The Morgan fingerprint density at radius 3 is 2.21 bits per heavy atom. The highest BCUT2D eigenvalue weighted by Crippen LogP contribution is 2.23. The van der Waals surface area contributed by atoms with Crippen LogP contribution in [-0.2, 0) is 11.8 Å². The number of nitrogens with zero attached hydrogens (tertiary/aromatic N) is 2. The summed E-state index contributed by atoms with van der Waals surface area (Å²) in [4.78, 5) is 24.3. The van der Waals surface area contributed by atoms with E-state index in [4.69, 9.17) is 4.74 Å². The number of hydrogen-bond donors (Lipinski definition) is 2. The van der Waals surface area contributed by atoms with Crippen LogP contribution >= 0.6 is 0 Å². The molecule has 2 rings (SSSR count). The Balaban J connectivity index is 2.15. The van der Waals surface area contributed by atoms with E-state index in [1.165, 1.54) is 6.20 Å². The van der Waals surface area contributed by atoms with E-state index in [9.17, 15) is 9.59 Å². The van der Waals surface area contributed by atoms with Gasteiger partial charge in [0.1, 0.15) is 5.60 Å². The number of para-hydroxylation sites is 2. The minimum absolute atomic E-state index is 0.293. The highest BCUT2D eigenvalue weighted by Gasteiger charge is 2.18. The number of carbonyl (C=O) groups excluding carboxylic acids is 2. The molecule has 0 aliphatic carbocycles. The number of aromatic nitrogens is 2. The SMILES string of the molecule is Cc1c(C(=O)Nc2ccccc2NC(=O)OC(C)(C)C)cnn1C. The molecule has 1 aromatic heterocycles. The average molecular weight is 330 g/mol. The Morgan fingerprint density at radius 1 is 1.12 bits per heavy atom. The second-order valence-corrected chi connectivity index (χ2v) is 6.39. The highest BCUT2D eigenvalue weighted by atomic mass is 16.6. The van der Waals surface area contributed by atoms with Gasteiger partial charge < -0.3 is 10.1 Å². The van der Waals surface area contributed by atoms with Crippen LogP contribution in [0.1, 0.15) is 36.8 Å². The lowest BCUT2D eigenvalue weighted by atomic mass is 10.2. The zero-order chi connectivity index (χ0) is 17.9. The van der Waals surface area contributed by atoms with E-state index in [1.807, 2.05) is 6.92 Å². The van der Waals surface area contributed by atoms with E-state index in [1.54, 1.807) is 56.8 Å². The Hall–Kier alpha value is -2.83. The van der Waals surface area contributed by atoms with Crippen molar-refractivity contribution < 1.29 is 14.3 Å². The zero-order valence-corrected chi connectivity index (χ0v) is 14.5. The lowest BCUT2D eigenvalue weighted by Gasteiger charge is -2.20. The number of hydrogen-bond acceptors (Lipinski definition) is 4. The minimum atomic E-state index is -0.602. The molecule has 0 fully saturated rings.